The highest BCUT2D eigenvalue weighted by atomic mass is 32.2. The molecular weight excluding hydrogens is 410 g/mol. The topological polar surface area (TPSA) is 89.2 Å². The maximum atomic E-state index is 13.2. The summed E-state index contributed by atoms with van der Waals surface area (Å²) in [6.07, 6.45) is 3.12. The predicted octanol–water partition coefficient (Wildman–Crippen LogP) is 3.33. The van der Waals surface area contributed by atoms with Gasteiger partial charge in [0.15, 0.2) is 5.16 Å². The lowest BCUT2D eigenvalue weighted by Crippen LogP contribution is -2.24. The summed E-state index contributed by atoms with van der Waals surface area (Å²) in [7, 11) is 0. The molecule has 0 aliphatic carbocycles. The number of carbonyl (C=O) groups excluding carboxylic acids is 1. The molecule has 31 heavy (non-hydrogen) atoms. The Morgan fingerprint density at radius 1 is 1.10 bits per heavy atom. The first-order chi connectivity index (χ1) is 15.1. The number of hydrogen-bond donors (Lipinski definition) is 1. The number of hydrazone groups is 1. The number of aryl methyl sites for hydroxylation is 1. The Morgan fingerprint density at radius 2 is 1.87 bits per heavy atom. The van der Waals surface area contributed by atoms with Gasteiger partial charge in [-0.15, -0.1) is 0 Å². The van der Waals surface area contributed by atoms with Crippen molar-refractivity contribution in [2.24, 2.45) is 5.10 Å². The van der Waals surface area contributed by atoms with Crippen molar-refractivity contribution in [3.63, 3.8) is 0 Å². The van der Waals surface area contributed by atoms with Crippen LogP contribution < -0.4 is 11.0 Å². The van der Waals surface area contributed by atoms with Crippen LogP contribution in [-0.4, -0.2) is 32.4 Å². The van der Waals surface area contributed by atoms with Crippen LogP contribution in [0.4, 0.5) is 0 Å². The van der Waals surface area contributed by atoms with Crippen molar-refractivity contribution in [2.45, 2.75) is 12.1 Å². The molecular formula is C23H19N5O2S. The summed E-state index contributed by atoms with van der Waals surface area (Å²) in [5, 5.41) is 4.89. The molecule has 0 radical (unpaired) electrons. The molecule has 0 bridgehead atoms. The quantitative estimate of drug-likeness (QED) is 0.220. The van der Waals surface area contributed by atoms with E-state index in [1.54, 1.807) is 30.5 Å². The van der Waals surface area contributed by atoms with Crippen molar-refractivity contribution in [3.8, 4) is 5.69 Å². The number of thioether (sulfide) groups is 1. The average Bonchev–Trinajstić information content (AvgIpc) is 2.79. The highest BCUT2D eigenvalue weighted by Gasteiger charge is 2.14. The van der Waals surface area contributed by atoms with Crippen molar-refractivity contribution in [2.75, 3.05) is 5.75 Å². The predicted molar refractivity (Wildman–Crippen MR) is 123 cm³/mol. The first kappa shape index (κ1) is 20.5. The zero-order valence-electron chi connectivity index (χ0n) is 16.7. The summed E-state index contributed by atoms with van der Waals surface area (Å²) in [5.41, 5.74) is 5.31. The zero-order valence-corrected chi connectivity index (χ0v) is 17.5. The molecule has 0 spiro atoms. The number of amides is 1. The van der Waals surface area contributed by atoms with Crippen LogP contribution in [0.15, 0.2) is 88.0 Å². The van der Waals surface area contributed by atoms with Crippen molar-refractivity contribution < 1.29 is 4.79 Å². The minimum atomic E-state index is -0.310. The summed E-state index contributed by atoms with van der Waals surface area (Å²) in [6.45, 7) is 1.98. The van der Waals surface area contributed by atoms with Crippen molar-refractivity contribution in [1.82, 2.24) is 20.0 Å². The van der Waals surface area contributed by atoms with E-state index >= 15 is 0 Å². The van der Waals surface area contributed by atoms with Gasteiger partial charge in [-0.25, -0.2) is 10.4 Å². The number of nitrogens with zero attached hydrogens (tertiary/aromatic N) is 4. The summed E-state index contributed by atoms with van der Waals surface area (Å²) < 4.78 is 1.54. The second-order valence-corrected chi connectivity index (χ2v) is 7.67. The van der Waals surface area contributed by atoms with Crippen molar-refractivity contribution in [3.05, 3.63) is 94.5 Å². The van der Waals surface area contributed by atoms with Gasteiger partial charge in [-0.1, -0.05) is 47.7 Å². The minimum Gasteiger partial charge on any atom is -0.272 e. The summed E-state index contributed by atoms with van der Waals surface area (Å²) in [5.74, 6) is -0.258. The number of fused-ring (bicyclic) bond motifs is 1. The summed E-state index contributed by atoms with van der Waals surface area (Å²) in [6, 6.07) is 20.2. The Hall–Kier alpha value is -3.78. The van der Waals surface area contributed by atoms with Crippen molar-refractivity contribution >= 4 is 34.8 Å². The van der Waals surface area contributed by atoms with Crippen LogP contribution in [0.2, 0.25) is 0 Å². The van der Waals surface area contributed by atoms with Gasteiger partial charge in [0.1, 0.15) is 0 Å². The number of nitrogens with one attached hydrogen (secondary N) is 1. The first-order valence-corrected chi connectivity index (χ1v) is 10.5. The molecule has 1 N–H and O–H groups in total. The number of carbonyl (C=O) groups is 1. The van der Waals surface area contributed by atoms with Crippen LogP contribution in [0, 0.1) is 6.92 Å². The molecule has 2 heterocycles. The molecule has 8 heteroatoms. The lowest BCUT2D eigenvalue weighted by atomic mass is 10.2. The fraction of sp³-hybridized carbons (Fsp3) is 0.0870. The lowest BCUT2D eigenvalue weighted by molar-refractivity contribution is -0.118. The maximum Gasteiger partial charge on any atom is 0.266 e. The van der Waals surface area contributed by atoms with E-state index in [1.165, 1.54) is 22.5 Å². The maximum absolute atomic E-state index is 13.2. The Balaban J connectivity index is 1.58. The molecule has 0 saturated carbocycles. The molecule has 0 aliphatic heterocycles. The van der Waals surface area contributed by atoms with Gasteiger partial charge in [-0.3, -0.25) is 19.1 Å². The zero-order chi connectivity index (χ0) is 21.6. The minimum absolute atomic E-state index is 0.0518. The third kappa shape index (κ3) is 4.87. The highest BCUT2D eigenvalue weighted by molar-refractivity contribution is 7.99. The van der Waals surface area contributed by atoms with E-state index in [4.69, 9.17) is 0 Å². The van der Waals surface area contributed by atoms with Gasteiger partial charge in [-0.2, -0.15) is 5.10 Å². The van der Waals surface area contributed by atoms with Crippen LogP contribution in [0.25, 0.3) is 16.6 Å². The van der Waals surface area contributed by atoms with Gasteiger partial charge in [0.25, 0.3) is 11.5 Å². The van der Waals surface area contributed by atoms with E-state index in [-0.39, 0.29) is 17.2 Å². The lowest BCUT2D eigenvalue weighted by Gasteiger charge is -2.13. The van der Waals surface area contributed by atoms with Gasteiger partial charge in [0.05, 0.1) is 34.3 Å². The Labute approximate surface area is 182 Å². The van der Waals surface area contributed by atoms with E-state index in [9.17, 15) is 9.59 Å². The van der Waals surface area contributed by atoms with E-state index in [0.29, 0.717) is 27.4 Å². The standard InChI is InChI=1S/C23H19N5O2S/c1-16-9-11-18(12-10-16)28-22(30)19-7-2-3-8-20(19)26-23(28)31-15-21(29)27-25-14-17-6-4-5-13-24-17/h2-14H,15H2,1H3,(H,27,29)/b25-14+. The molecule has 4 aromatic rings. The number of rotatable bonds is 6. The molecule has 0 fully saturated rings. The number of aromatic nitrogens is 3. The number of pyridine rings is 1. The van der Waals surface area contributed by atoms with Gasteiger partial charge in [-0.05, 0) is 43.3 Å². The third-order valence-electron chi connectivity index (χ3n) is 4.44. The molecule has 0 saturated heterocycles. The number of benzene rings is 2. The molecule has 0 unspecified atom stereocenters. The van der Waals surface area contributed by atoms with Gasteiger partial charge >= 0.3 is 0 Å². The fourth-order valence-electron chi connectivity index (χ4n) is 2.92. The van der Waals surface area contributed by atoms with E-state index in [1.807, 2.05) is 49.4 Å². The molecule has 4 rings (SSSR count). The van der Waals surface area contributed by atoms with Crippen LogP contribution in [-0.2, 0) is 4.79 Å². The third-order valence-corrected chi connectivity index (χ3v) is 5.38. The van der Waals surface area contributed by atoms with E-state index < -0.39 is 0 Å². The average molecular weight is 430 g/mol. The Bertz CT molecular complexity index is 1300. The van der Waals surface area contributed by atoms with Crippen molar-refractivity contribution in [1.29, 1.82) is 0 Å². The highest BCUT2D eigenvalue weighted by Crippen LogP contribution is 2.21. The molecule has 154 valence electrons. The van der Waals surface area contributed by atoms with Crippen LogP contribution in [0.1, 0.15) is 11.3 Å². The van der Waals surface area contributed by atoms with Gasteiger partial charge < -0.3 is 0 Å². The molecule has 1 amide bonds. The summed E-state index contributed by atoms with van der Waals surface area (Å²) >= 11 is 1.18. The van der Waals surface area contributed by atoms with Crippen LogP contribution in [0.5, 0.6) is 0 Å². The van der Waals surface area contributed by atoms with Gasteiger partial charge in [0.2, 0.25) is 0 Å². The molecule has 2 aromatic heterocycles. The normalized spacial score (nSPS) is 11.1. The fourth-order valence-corrected chi connectivity index (χ4v) is 3.72. The van der Waals surface area contributed by atoms with E-state index in [0.717, 1.165) is 5.56 Å². The second kappa shape index (κ2) is 9.36. The van der Waals surface area contributed by atoms with Crippen LogP contribution in [0.3, 0.4) is 0 Å². The largest absolute Gasteiger partial charge is 0.272 e. The monoisotopic (exact) mass is 429 g/mol. The smallest absolute Gasteiger partial charge is 0.266 e. The molecule has 0 atom stereocenters. The molecule has 7 nitrogen and oxygen atoms in total. The molecule has 2 aromatic carbocycles. The van der Waals surface area contributed by atoms with Crippen LogP contribution >= 0.6 is 11.8 Å². The Morgan fingerprint density at radius 3 is 2.65 bits per heavy atom. The second-order valence-electron chi connectivity index (χ2n) is 6.72. The number of hydrogen-bond acceptors (Lipinski definition) is 6. The number of para-hydroxylation sites is 1. The molecule has 0 aliphatic rings. The first-order valence-electron chi connectivity index (χ1n) is 9.56. The summed E-state index contributed by atoms with van der Waals surface area (Å²) in [4.78, 5) is 34.2. The van der Waals surface area contributed by atoms with E-state index in [2.05, 4.69) is 20.5 Å². The Kier molecular flexibility index (Phi) is 6.18. The SMILES string of the molecule is Cc1ccc(-n2c(SCC(=O)N/N=C/c3ccccn3)nc3ccccc3c2=O)cc1. The van der Waals surface area contributed by atoms with Gasteiger partial charge in [0, 0.05) is 6.20 Å².